The Morgan fingerprint density at radius 2 is 3.00 bits per heavy atom. The van der Waals surface area contributed by atoms with Crippen molar-refractivity contribution in [1.29, 1.82) is 3.84 Å². The third-order valence-corrected chi connectivity index (χ3v) is 2.65. The summed E-state index contributed by atoms with van der Waals surface area (Å²) in [6.07, 6.45) is 0. The number of hydrogen-bond acceptors (Lipinski definition) is 2. The molecule has 34 valence electrons. The van der Waals surface area contributed by atoms with Gasteiger partial charge in [-0.05, 0) is 0 Å². The Morgan fingerprint density at radius 3 is 3.00 bits per heavy atom. The van der Waals surface area contributed by atoms with Gasteiger partial charge in [-0.15, -0.1) is 0 Å². The van der Waals surface area contributed by atoms with Gasteiger partial charge in [0.05, 0.1) is 0 Å². The minimum absolute atomic E-state index is 0.142. The number of hydrogen-bond donors (Lipinski definition) is 0. The molecule has 0 spiro atoms. The molecule has 0 bridgehead atoms. The maximum absolute atomic E-state index is 10.4. The Bertz CT molecular complexity index is 158. The van der Waals surface area contributed by atoms with E-state index in [0.29, 0.717) is 0 Å². The maximum atomic E-state index is 10.4. The molecule has 0 radical (unpaired) electrons. The monoisotopic (exact) mass is 146 g/mol. The topological polar surface area (TPSA) is 34.1 Å². The van der Waals surface area contributed by atoms with Gasteiger partial charge in [0, 0.05) is 0 Å². The van der Waals surface area contributed by atoms with Crippen LogP contribution in [0.4, 0.5) is 0 Å². The summed E-state index contributed by atoms with van der Waals surface area (Å²) in [6, 6.07) is 0. The van der Waals surface area contributed by atoms with Crippen LogP contribution in [-0.4, -0.2) is 10.7 Å². The molecular formula is H5BO2P3+. The molecule has 0 heterocycles. The Kier molecular flexibility index (Phi) is 1.98. The van der Waals surface area contributed by atoms with Crippen molar-refractivity contribution in [3.05, 3.63) is 0 Å². The zero-order chi connectivity index (χ0) is 7.73. The van der Waals surface area contributed by atoms with Gasteiger partial charge in [-0.3, -0.25) is 0 Å². The quantitative estimate of drug-likeness (QED) is 0.422. The van der Waals surface area contributed by atoms with Crippen LogP contribution in [0, 0.1) is 0 Å². The van der Waals surface area contributed by atoms with E-state index in [0.717, 1.165) is 0 Å². The van der Waals surface area contributed by atoms with Crippen LogP contribution in [0.3, 0.4) is 0 Å². The third-order valence-electron chi connectivity index (χ3n) is 0.161. The van der Waals surface area contributed by atoms with Crippen LogP contribution < -0.4 is 0 Å². The summed E-state index contributed by atoms with van der Waals surface area (Å²) in [7, 11) is -5.41. The molecule has 0 amide bonds. The van der Waals surface area contributed by atoms with Gasteiger partial charge in [-0.25, -0.2) is 0 Å². The van der Waals surface area contributed by atoms with Crippen LogP contribution in [0.1, 0.15) is 0 Å². The summed E-state index contributed by atoms with van der Waals surface area (Å²) in [5, 5.41) is 0. The molecule has 0 saturated carbocycles. The Morgan fingerprint density at radius 1 is 2.50 bits per heavy atom. The van der Waals surface area contributed by atoms with E-state index in [-0.39, 0.29) is 6.87 Å². The zero-order valence-corrected chi connectivity index (χ0v) is 5.81. The van der Waals surface area contributed by atoms with Crippen LogP contribution in [0.15, 0.2) is 0 Å². The van der Waals surface area contributed by atoms with Crippen LogP contribution in [0.25, 0.3) is 0 Å². The first kappa shape index (κ1) is 2.97. The Hall–Kier alpha value is 0.825. The molecule has 0 rings (SSSR count). The summed E-state index contributed by atoms with van der Waals surface area (Å²) in [4.78, 5) is 0. The molecule has 0 aliphatic heterocycles. The van der Waals surface area contributed by atoms with Gasteiger partial charge < -0.3 is 0 Å². The molecule has 0 N–H and O–H groups in total. The van der Waals surface area contributed by atoms with Gasteiger partial charge >= 0.3 is 44.1 Å². The van der Waals surface area contributed by atoms with Crippen LogP contribution >= 0.6 is 24.1 Å². The average Bonchev–Trinajstić information content (AvgIpc) is 1.66. The fourth-order valence-corrected chi connectivity index (χ4v) is 0.908. The van der Waals surface area contributed by atoms with E-state index in [1.807, 2.05) is 0 Å². The summed E-state index contributed by atoms with van der Waals surface area (Å²) < 4.78 is 40.6. The van der Waals surface area contributed by atoms with Crippen molar-refractivity contribution < 1.29 is 9.27 Å². The van der Waals surface area contributed by atoms with E-state index in [1.54, 1.807) is 8.93 Å². The second kappa shape index (κ2) is 4.00. The van der Waals surface area contributed by atoms with Crippen molar-refractivity contribution in [3.63, 3.8) is 0 Å². The van der Waals surface area contributed by atoms with E-state index in [2.05, 4.69) is 0 Å². The molecule has 6 heavy (non-hydrogen) atoms. The zero-order valence-electron chi connectivity index (χ0n) is 5.87. The summed E-state index contributed by atoms with van der Waals surface area (Å²) in [5.41, 5.74) is 0. The molecule has 0 fully saturated rings. The van der Waals surface area contributed by atoms with Crippen molar-refractivity contribution in [2.24, 2.45) is 0 Å². The fraction of sp³-hybridized carbons (Fsp3) is 0. The minimum atomic E-state index is -4.67. The van der Waals surface area contributed by atoms with Gasteiger partial charge in [0.25, 0.3) is 0 Å². The van der Waals surface area contributed by atoms with Crippen molar-refractivity contribution in [3.8, 4) is 0 Å². The van der Waals surface area contributed by atoms with E-state index in [4.69, 9.17) is 3.84 Å². The van der Waals surface area contributed by atoms with Gasteiger partial charge in [-0.1, -0.05) is 0 Å². The van der Waals surface area contributed by atoms with Gasteiger partial charge in [0.1, 0.15) is 0 Å². The first-order valence-corrected chi connectivity index (χ1v) is 5.68. The van der Waals surface area contributed by atoms with Gasteiger partial charge in [0.15, 0.2) is 0 Å². The number of rotatable bonds is 2. The molecule has 0 aliphatic carbocycles. The van der Waals surface area contributed by atoms with Gasteiger partial charge in [0.2, 0.25) is 0 Å². The van der Waals surface area contributed by atoms with Crippen LogP contribution in [0.5, 0.6) is 0 Å². The molecule has 0 aromatic rings. The molecule has 6 heteroatoms. The molecule has 0 aliphatic rings. The Labute approximate surface area is 45.1 Å². The van der Waals surface area contributed by atoms with E-state index in [9.17, 15) is 9.27 Å². The Balaban J connectivity index is 4.72. The molecular weight excluding hydrogens is 136 g/mol. The first-order chi connectivity index (χ1) is 3.78. The second-order valence-corrected chi connectivity index (χ2v) is 6.16. The van der Waals surface area contributed by atoms with Crippen molar-refractivity contribution >= 4 is 31.0 Å². The van der Waals surface area contributed by atoms with E-state index >= 15 is 0 Å². The van der Waals surface area contributed by atoms with Crippen LogP contribution in [0.2, 0.25) is 0 Å². The summed E-state index contributed by atoms with van der Waals surface area (Å²) >= 11 is 0. The van der Waals surface area contributed by atoms with Gasteiger partial charge in [-0.2, -0.15) is 0 Å². The molecule has 0 aromatic heterocycles. The van der Waals surface area contributed by atoms with E-state index < -0.39 is 15.2 Å². The molecule has 2 nitrogen and oxygen atoms in total. The molecule has 2 atom stereocenters. The summed E-state index contributed by atoms with van der Waals surface area (Å²) in [5.74, 6) is 0. The summed E-state index contributed by atoms with van der Waals surface area (Å²) in [6.45, 7) is -0.142. The fourth-order valence-electron chi connectivity index (χ4n) is 0.0465. The van der Waals surface area contributed by atoms with Crippen molar-refractivity contribution in [2.75, 3.05) is 0 Å². The molecule has 0 saturated heterocycles. The third kappa shape index (κ3) is 4.82. The van der Waals surface area contributed by atoms with Crippen molar-refractivity contribution in [1.82, 2.24) is 0 Å². The molecule has 0 aromatic carbocycles. The van der Waals surface area contributed by atoms with Crippen LogP contribution in [-0.2, 0) is 9.27 Å². The van der Waals surface area contributed by atoms with E-state index in [1.165, 1.54) is 0 Å². The SMILES string of the molecule is [2H]P([3H])([3H])(B=O)[P+](=O)P. The first-order valence-electron chi connectivity index (χ1n) is 2.48. The molecule has 2 unspecified atom stereocenters. The normalized spacial score (nSPS) is 26.5. The van der Waals surface area contributed by atoms with Crippen molar-refractivity contribution in [2.45, 2.75) is 0 Å². The standard InChI is InChI=1S/BH5O2P3/c2-1-5-6(3)4/h4H2,5H3/q+1/i5T2D. The predicted octanol–water partition coefficient (Wildman–Crippen LogP) is 0.627. The predicted molar refractivity (Wildman–Crippen MR) is 34.9 cm³/mol. The average molecular weight is 146 g/mol. The second-order valence-electron chi connectivity index (χ2n) is 0.523.